The van der Waals surface area contributed by atoms with Crippen LogP contribution in [0.2, 0.25) is 0 Å². The van der Waals surface area contributed by atoms with Crippen LogP contribution in [0.5, 0.6) is 5.75 Å². The van der Waals surface area contributed by atoms with Gasteiger partial charge in [-0.2, -0.15) is 0 Å². The summed E-state index contributed by atoms with van der Waals surface area (Å²) in [7, 11) is 0. The van der Waals surface area contributed by atoms with Gasteiger partial charge in [-0.25, -0.2) is 4.79 Å². The second-order valence-electron chi connectivity index (χ2n) is 3.74. The molecule has 0 atom stereocenters. The van der Waals surface area contributed by atoms with E-state index in [1.165, 1.54) is 0 Å². The topological polar surface area (TPSA) is 79.5 Å². The largest absolute Gasteiger partial charge is 0.484 e. The van der Waals surface area contributed by atoms with Crippen molar-refractivity contribution in [1.29, 1.82) is 0 Å². The summed E-state index contributed by atoms with van der Waals surface area (Å²) >= 11 is 0. The number of urea groups is 1. The van der Waals surface area contributed by atoms with Crippen molar-refractivity contribution in [2.75, 3.05) is 26.2 Å². The van der Waals surface area contributed by atoms with Crippen LogP contribution in [0.1, 0.15) is 6.92 Å². The molecule has 1 aromatic carbocycles. The zero-order valence-corrected chi connectivity index (χ0v) is 10.9. The van der Waals surface area contributed by atoms with Crippen molar-refractivity contribution in [3.05, 3.63) is 30.3 Å². The van der Waals surface area contributed by atoms with Crippen LogP contribution < -0.4 is 20.7 Å². The molecule has 104 valence electrons. The van der Waals surface area contributed by atoms with E-state index in [2.05, 4.69) is 16.0 Å². The fraction of sp³-hybridized carbons (Fsp3) is 0.385. The van der Waals surface area contributed by atoms with Gasteiger partial charge in [0.05, 0.1) is 0 Å². The number of hydrogen-bond donors (Lipinski definition) is 3. The van der Waals surface area contributed by atoms with E-state index in [-0.39, 0.29) is 18.5 Å². The third-order valence-electron chi connectivity index (χ3n) is 2.18. The van der Waals surface area contributed by atoms with Crippen molar-refractivity contribution in [1.82, 2.24) is 16.0 Å². The van der Waals surface area contributed by atoms with Gasteiger partial charge in [-0.05, 0) is 19.1 Å². The van der Waals surface area contributed by atoms with Gasteiger partial charge in [0.2, 0.25) is 0 Å². The first-order valence-corrected chi connectivity index (χ1v) is 6.18. The Morgan fingerprint density at radius 2 is 1.74 bits per heavy atom. The number of carbonyl (C=O) groups excluding carboxylic acids is 2. The number of rotatable bonds is 7. The highest BCUT2D eigenvalue weighted by Crippen LogP contribution is 2.07. The van der Waals surface area contributed by atoms with Crippen molar-refractivity contribution >= 4 is 11.9 Å². The lowest BCUT2D eigenvalue weighted by molar-refractivity contribution is -0.123. The summed E-state index contributed by atoms with van der Waals surface area (Å²) in [5.74, 6) is 0.430. The molecule has 3 amide bonds. The van der Waals surface area contributed by atoms with Crippen molar-refractivity contribution in [3.8, 4) is 5.75 Å². The van der Waals surface area contributed by atoms with Gasteiger partial charge in [0.25, 0.3) is 5.91 Å². The van der Waals surface area contributed by atoms with Gasteiger partial charge < -0.3 is 20.7 Å². The number of benzene rings is 1. The summed E-state index contributed by atoms with van der Waals surface area (Å²) in [6.45, 7) is 3.12. The molecule has 0 radical (unpaired) electrons. The number of amides is 3. The van der Waals surface area contributed by atoms with E-state index in [1.54, 1.807) is 12.1 Å². The number of para-hydroxylation sites is 1. The summed E-state index contributed by atoms with van der Waals surface area (Å²) in [5, 5.41) is 7.84. The normalized spacial score (nSPS) is 9.53. The highest BCUT2D eigenvalue weighted by molar-refractivity contribution is 5.77. The number of carbonyl (C=O) groups is 2. The maximum absolute atomic E-state index is 11.4. The minimum Gasteiger partial charge on any atom is -0.484 e. The predicted molar refractivity (Wildman–Crippen MR) is 72.0 cm³/mol. The summed E-state index contributed by atoms with van der Waals surface area (Å²) in [4.78, 5) is 22.5. The molecule has 0 spiro atoms. The predicted octanol–water partition coefficient (Wildman–Crippen LogP) is 0.501. The zero-order chi connectivity index (χ0) is 13.9. The lowest BCUT2D eigenvalue weighted by atomic mass is 10.3. The fourth-order valence-corrected chi connectivity index (χ4v) is 1.32. The molecule has 0 saturated heterocycles. The van der Waals surface area contributed by atoms with E-state index >= 15 is 0 Å². The number of nitrogens with one attached hydrogen (secondary N) is 3. The minimum atomic E-state index is -0.239. The van der Waals surface area contributed by atoms with Crippen molar-refractivity contribution < 1.29 is 14.3 Å². The maximum atomic E-state index is 11.4. The van der Waals surface area contributed by atoms with E-state index in [0.717, 1.165) is 0 Å². The Hall–Kier alpha value is -2.24. The van der Waals surface area contributed by atoms with Crippen LogP contribution in [0.25, 0.3) is 0 Å². The molecule has 0 heterocycles. The molecule has 0 aromatic heterocycles. The molecule has 1 aromatic rings. The van der Waals surface area contributed by atoms with Crippen molar-refractivity contribution in [2.45, 2.75) is 6.92 Å². The van der Waals surface area contributed by atoms with E-state index in [1.807, 2.05) is 25.1 Å². The van der Waals surface area contributed by atoms with Gasteiger partial charge in [-0.15, -0.1) is 0 Å². The quantitative estimate of drug-likeness (QED) is 0.628. The molecule has 0 fully saturated rings. The van der Waals surface area contributed by atoms with Gasteiger partial charge in [-0.3, -0.25) is 4.79 Å². The molecule has 0 aliphatic carbocycles. The van der Waals surface area contributed by atoms with Gasteiger partial charge in [0.1, 0.15) is 5.75 Å². The average Bonchev–Trinajstić information content (AvgIpc) is 2.43. The van der Waals surface area contributed by atoms with Crippen LogP contribution >= 0.6 is 0 Å². The summed E-state index contributed by atoms with van der Waals surface area (Å²) in [5.41, 5.74) is 0. The first kappa shape index (κ1) is 14.8. The van der Waals surface area contributed by atoms with E-state index in [4.69, 9.17) is 4.74 Å². The number of ether oxygens (including phenoxy) is 1. The van der Waals surface area contributed by atoms with Crippen LogP contribution in [0, 0.1) is 0 Å². The molecule has 6 heteroatoms. The third-order valence-corrected chi connectivity index (χ3v) is 2.18. The molecule has 0 bridgehead atoms. The fourth-order valence-electron chi connectivity index (χ4n) is 1.32. The molecule has 0 aliphatic rings. The second-order valence-corrected chi connectivity index (χ2v) is 3.74. The van der Waals surface area contributed by atoms with Gasteiger partial charge >= 0.3 is 6.03 Å². The van der Waals surface area contributed by atoms with Crippen LogP contribution in [0.15, 0.2) is 30.3 Å². The Balaban J connectivity index is 2.07. The highest BCUT2D eigenvalue weighted by Gasteiger charge is 2.02. The minimum absolute atomic E-state index is 0.0365. The summed E-state index contributed by atoms with van der Waals surface area (Å²) in [6, 6.07) is 8.87. The van der Waals surface area contributed by atoms with Crippen molar-refractivity contribution in [2.24, 2.45) is 0 Å². The molecular formula is C13H19N3O3. The molecule has 3 N–H and O–H groups in total. The lowest BCUT2D eigenvalue weighted by Gasteiger charge is -2.08. The van der Waals surface area contributed by atoms with Crippen LogP contribution in [0.4, 0.5) is 4.79 Å². The van der Waals surface area contributed by atoms with Gasteiger partial charge in [0, 0.05) is 19.6 Å². The lowest BCUT2D eigenvalue weighted by Crippen LogP contribution is -2.41. The van der Waals surface area contributed by atoms with E-state index in [0.29, 0.717) is 25.4 Å². The Morgan fingerprint density at radius 1 is 1.05 bits per heavy atom. The third kappa shape index (κ3) is 6.92. The number of hydrogen-bond acceptors (Lipinski definition) is 3. The first-order chi connectivity index (χ1) is 9.22. The molecule has 0 aliphatic heterocycles. The summed E-state index contributed by atoms with van der Waals surface area (Å²) in [6.07, 6.45) is 0. The maximum Gasteiger partial charge on any atom is 0.314 e. The highest BCUT2D eigenvalue weighted by atomic mass is 16.5. The molecule has 0 saturated carbocycles. The smallest absolute Gasteiger partial charge is 0.314 e. The van der Waals surface area contributed by atoms with Crippen LogP contribution in [0.3, 0.4) is 0 Å². The molecule has 6 nitrogen and oxygen atoms in total. The second kappa shape index (κ2) is 8.79. The summed E-state index contributed by atoms with van der Waals surface area (Å²) < 4.78 is 5.27. The Kier molecular flexibility index (Phi) is 6.86. The Bertz CT molecular complexity index is 395. The van der Waals surface area contributed by atoms with E-state index in [9.17, 15) is 9.59 Å². The van der Waals surface area contributed by atoms with Gasteiger partial charge in [-0.1, -0.05) is 18.2 Å². The standard InChI is InChI=1S/C13H19N3O3/c1-2-14-13(18)16-9-8-15-12(17)10-19-11-6-4-3-5-7-11/h3-7H,2,8-10H2,1H3,(H,15,17)(H2,14,16,18). The zero-order valence-electron chi connectivity index (χ0n) is 10.9. The van der Waals surface area contributed by atoms with E-state index < -0.39 is 0 Å². The van der Waals surface area contributed by atoms with Crippen LogP contribution in [-0.2, 0) is 4.79 Å². The SMILES string of the molecule is CCNC(=O)NCCNC(=O)COc1ccccc1. The first-order valence-electron chi connectivity index (χ1n) is 6.18. The molecular weight excluding hydrogens is 246 g/mol. The van der Waals surface area contributed by atoms with Gasteiger partial charge in [0.15, 0.2) is 6.61 Å². The van der Waals surface area contributed by atoms with Crippen molar-refractivity contribution in [3.63, 3.8) is 0 Å². The molecule has 0 unspecified atom stereocenters. The molecule has 19 heavy (non-hydrogen) atoms. The molecule has 1 rings (SSSR count). The monoisotopic (exact) mass is 265 g/mol. The van der Waals surface area contributed by atoms with Crippen LogP contribution in [-0.4, -0.2) is 38.2 Å². The Labute approximate surface area is 112 Å². The Morgan fingerprint density at radius 3 is 2.42 bits per heavy atom. The average molecular weight is 265 g/mol.